The average Bonchev–Trinajstić information content (AvgIpc) is 2.61. The van der Waals surface area contributed by atoms with Crippen LogP contribution in [0.3, 0.4) is 0 Å². The first-order valence-electron chi connectivity index (χ1n) is 7.81. The van der Waals surface area contributed by atoms with Gasteiger partial charge in [-0.2, -0.15) is 14.2 Å². The summed E-state index contributed by atoms with van der Waals surface area (Å²) in [5.41, 5.74) is -0.394. The van der Waals surface area contributed by atoms with Gasteiger partial charge < -0.3 is 9.84 Å². The average molecular weight is 376 g/mol. The van der Waals surface area contributed by atoms with Gasteiger partial charge in [0.05, 0.1) is 18.7 Å². The minimum Gasteiger partial charge on any atom is -0.477 e. The molecule has 0 amide bonds. The topological polar surface area (TPSA) is 78.6 Å². The van der Waals surface area contributed by atoms with E-state index in [1.54, 1.807) is 18.2 Å². The second kappa shape index (κ2) is 6.99. The molecule has 0 atom stereocenters. The lowest BCUT2D eigenvalue weighted by atomic mass is 10.1. The van der Waals surface area contributed by atoms with Crippen LogP contribution in [-0.4, -0.2) is 15.9 Å². The molecular weight excluding hydrogens is 363 g/mol. The zero-order valence-corrected chi connectivity index (χ0v) is 13.8. The maximum absolute atomic E-state index is 12.8. The van der Waals surface area contributed by atoms with Gasteiger partial charge >= 0.3 is 11.9 Å². The number of aromatic nitrogens is 2. The highest BCUT2D eigenvalue weighted by Gasteiger charge is 2.31. The van der Waals surface area contributed by atoms with Gasteiger partial charge in [-0.25, -0.2) is 4.79 Å². The van der Waals surface area contributed by atoms with Gasteiger partial charge in [0.15, 0.2) is 5.56 Å². The number of pyridine rings is 1. The van der Waals surface area contributed by atoms with Crippen molar-refractivity contribution in [2.24, 2.45) is 0 Å². The monoisotopic (exact) mass is 376 g/mol. The summed E-state index contributed by atoms with van der Waals surface area (Å²) in [5, 5.41) is 19.5. The van der Waals surface area contributed by atoms with E-state index in [0.717, 1.165) is 12.1 Å². The Morgan fingerprint density at radius 3 is 2.70 bits per heavy atom. The Bertz CT molecular complexity index is 1100. The number of halogens is 3. The van der Waals surface area contributed by atoms with E-state index >= 15 is 0 Å². The van der Waals surface area contributed by atoms with Gasteiger partial charge in [-0.1, -0.05) is 18.2 Å². The lowest BCUT2D eigenvalue weighted by molar-refractivity contribution is -0.679. The molecule has 0 saturated carbocycles. The normalized spacial score (nSPS) is 11.3. The highest BCUT2D eigenvalue weighted by molar-refractivity contribution is 5.68. The summed E-state index contributed by atoms with van der Waals surface area (Å²) in [6.45, 7) is 0.0991. The number of rotatable bonds is 4. The van der Waals surface area contributed by atoms with E-state index in [9.17, 15) is 23.1 Å². The van der Waals surface area contributed by atoms with E-state index < -0.39 is 23.6 Å². The SMILES string of the molecule is N#CCC[n+]1c(O)c(-c2cccc(OC(F)(F)F)c2)c(=O)n2ccccc21. The number of alkyl halides is 3. The second-order valence-corrected chi connectivity index (χ2v) is 5.57. The minimum absolute atomic E-state index is 0.0585. The lowest BCUT2D eigenvalue weighted by Gasteiger charge is -2.11. The summed E-state index contributed by atoms with van der Waals surface area (Å²) in [4.78, 5) is 12.8. The molecule has 0 fully saturated rings. The Hall–Kier alpha value is -3.54. The molecule has 3 rings (SSSR count). The van der Waals surface area contributed by atoms with Crippen molar-refractivity contribution in [1.82, 2.24) is 4.40 Å². The highest BCUT2D eigenvalue weighted by atomic mass is 19.4. The number of aryl methyl sites for hydroxylation is 1. The van der Waals surface area contributed by atoms with Crippen LogP contribution in [0.5, 0.6) is 11.6 Å². The second-order valence-electron chi connectivity index (χ2n) is 5.57. The van der Waals surface area contributed by atoms with Crippen molar-refractivity contribution in [3.05, 3.63) is 59.0 Å². The largest absolute Gasteiger partial charge is 0.573 e. The van der Waals surface area contributed by atoms with E-state index in [1.807, 2.05) is 6.07 Å². The maximum Gasteiger partial charge on any atom is 0.573 e. The Morgan fingerprint density at radius 2 is 2.00 bits per heavy atom. The fraction of sp³-hybridized carbons (Fsp3) is 0.167. The van der Waals surface area contributed by atoms with Crippen molar-refractivity contribution in [2.45, 2.75) is 19.3 Å². The van der Waals surface area contributed by atoms with Crippen LogP contribution in [0, 0.1) is 11.3 Å². The molecule has 27 heavy (non-hydrogen) atoms. The molecular formula is C18H13F3N3O3+. The summed E-state index contributed by atoms with van der Waals surface area (Å²) in [7, 11) is 0. The number of aromatic hydroxyl groups is 1. The Kier molecular flexibility index (Phi) is 4.73. The van der Waals surface area contributed by atoms with Crippen LogP contribution in [0.25, 0.3) is 16.8 Å². The first-order chi connectivity index (χ1) is 12.8. The molecule has 0 radical (unpaired) electrons. The summed E-state index contributed by atoms with van der Waals surface area (Å²) >= 11 is 0. The number of fused-ring (bicyclic) bond motifs is 1. The molecule has 1 aromatic carbocycles. The number of nitriles is 1. The van der Waals surface area contributed by atoms with Crippen molar-refractivity contribution in [2.75, 3.05) is 0 Å². The fourth-order valence-electron chi connectivity index (χ4n) is 2.77. The van der Waals surface area contributed by atoms with Crippen LogP contribution in [-0.2, 0) is 6.54 Å². The van der Waals surface area contributed by atoms with Crippen molar-refractivity contribution >= 4 is 5.65 Å². The van der Waals surface area contributed by atoms with Crippen LogP contribution in [0.4, 0.5) is 13.2 Å². The predicted octanol–water partition coefficient (Wildman–Crippen LogP) is 2.77. The van der Waals surface area contributed by atoms with Crippen molar-refractivity contribution in [1.29, 1.82) is 5.26 Å². The zero-order valence-electron chi connectivity index (χ0n) is 13.8. The van der Waals surface area contributed by atoms with Crippen LogP contribution >= 0.6 is 0 Å². The van der Waals surface area contributed by atoms with Crippen LogP contribution in [0.2, 0.25) is 0 Å². The molecule has 0 bridgehead atoms. The van der Waals surface area contributed by atoms with Crippen molar-refractivity contribution in [3.8, 4) is 28.8 Å². The number of benzene rings is 1. The van der Waals surface area contributed by atoms with E-state index in [0.29, 0.717) is 5.65 Å². The van der Waals surface area contributed by atoms with Gasteiger partial charge in [0.1, 0.15) is 12.3 Å². The number of hydrogen-bond donors (Lipinski definition) is 1. The van der Waals surface area contributed by atoms with Crippen molar-refractivity contribution in [3.63, 3.8) is 0 Å². The first kappa shape index (κ1) is 18.3. The van der Waals surface area contributed by atoms with E-state index in [2.05, 4.69) is 4.74 Å². The standard InChI is InChI=1S/C18H12F3N3O3/c19-18(20,21)27-13-6-3-5-12(11-13)15-16(25)23-9-2-1-7-14(23)24(17(15)26)10-4-8-22/h1-3,5-7,9,11H,4,10H2/p+1. The molecule has 6 nitrogen and oxygen atoms in total. The molecule has 9 heteroatoms. The number of nitrogens with zero attached hydrogens (tertiary/aromatic N) is 3. The molecule has 0 aliphatic heterocycles. The third-order valence-electron chi connectivity index (χ3n) is 3.83. The molecule has 2 aromatic heterocycles. The van der Waals surface area contributed by atoms with Crippen molar-refractivity contribution < 1.29 is 27.6 Å². The first-order valence-corrected chi connectivity index (χ1v) is 7.81. The summed E-state index contributed by atoms with van der Waals surface area (Å²) in [6.07, 6.45) is -3.34. The van der Waals surface area contributed by atoms with Gasteiger partial charge in [-0.15, -0.1) is 13.2 Å². The molecule has 0 saturated heterocycles. The van der Waals surface area contributed by atoms with Gasteiger partial charge in [-0.3, -0.25) is 0 Å². The highest BCUT2D eigenvalue weighted by Crippen LogP contribution is 2.29. The summed E-state index contributed by atoms with van der Waals surface area (Å²) in [6, 6.07) is 11.6. The molecule has 0 spiro atoms. The van der Waals surface area contributed by atoms with Crippen LogP contribution in [0.1, 0.15) is 6.42 Å². The molecule has 0 unspecified atom stereocenters. The predicted molar refractivity (Wildman–Crippen MR) is 87.9 cm³/mol. The Balaban J connectivity index is 2.25. The minimum atomic E-state index is -4.88. The van der Waals surface area contributed by atoms with E-state index in [1.165, 1.54) is 27.3 Å². The van der Waals surface area contributed by atoms with E-state index in [4.69, 9.17) is 5.26 Å². The van der Waals surface area contributed by atoms with E-state index in [-0.39, 0.29) is 24.1 Å². The van der Waals surface area contributed by atoms with Gasteiger partial charge in [0.2, 0.25) is 0 Å². The quantitative estimate of drug-likeness (QED) is 0.711. The molecule has 2 heterocycles. The van der Waals surface area contributed by atoms with Crippen LogP contribution < -0.4 is 14.9 Å². The number of hydrogen-bond acceptors (Lipinski definition) is 4. The van der Waals surface area contributed by atoms with Crippen LogP contribution in [0.15, 0.2) is 53.5 Å². The third-order valence-corrected chi connectivity index (χ3v) is 3.83. The Labute approximate surface area is 150 Å². The fourth-order valence-corrected chi connectivity index (χ4v) is 2.77. The third kappa shape index (κ3) is 3.69. The molecule has 0 aliphatic carbocycles. The Morgan fingerprint density at radius 1 is 1.22 bits per heavy atom. The molecule has 0 aliphatic rings. The maximum atomic E-state index is 12.8. The van der Waals surface area contributed by atoms with Gasteiger partial charge in [-0.05, 0) is 18.2 Å². The summed E-state index contributed by atoms with van der Waals surface area (Å²) in [5.74, 6) is -0.953. The molecule has 3 aromatic rings. The smallest absolute Gasteiger partial charge is 0.477 e. The number of ether oxygens (including phenoxy) is 1. The summed E-state index contributed by atoms with van der Waals surface area (Å²) < 4.78 is 43.9. The zero-order chi connectivity index (χ0) is 19.6. The van der Waals surface area contributed by atoms with Gasteiger partial charge in [0, 0.05) is 11.6 Å². The lowest BCUT2D eigenvalue weighted by Crippen LogP contribution is -2.40. The molecule has 138 valence electrons. The van der Waals surface area contributed by atoms with Gasteiger partial charge in [0.25, 0.3) is 11.5 Å². The molecule has 1 N–H and O–H groups in total.